The van der Waals surface area contributed by atoms with Crippen LogP contribution in [0.1, 0.15) is 17.6 Å². The highest BCUT2D eigenvalue weighted by Crippen LogP contribution is 2.26. The quantitative estimate of drug-likeness (QED) is 0.686. The van der Waals surface area contributed by atoms with Gasteiger partial charge in [-0.3, -0.25) is 0 Å². The molecule has 0 spiro atoms. The first-order valence-electron chi connectivity index (χ1n) is 3.13. The van der Waals surface area contributed by atoms with Crippen LogP contribution < -0.4 is 0 Å². The zero-order chi connectivity index (χ0) is 9.30. The van der Waals surface area contributed by atoms with Gasteiger partial charge in [0, 0.05) is 11.6 Å². The molecule has 0 saturated heterocycles. The predicted molar refractivity (Wildman–Crippen MR) is 41.6 cm³/mol. The second-order valence-electron chi connectivity index (χ2n) is 2.25. The Hall–Kier alpha value is -0.580. The summed E-state index contributed by atoms with van der Waals surface area (Å²) in [6, 6.07) is 0.741. The lowest BCUT2D eigenvalue weighted by Gasteiger charge is -2.05. The first kappa shape index (κ1) is 9.51. The summed E-state index contributed by atoms with van der Waals surface area (Å²) in [6.45, 7) is 1.46. The monoisotopic (exact) mass is 239 g/mol. The van der Waals surface area contributed by atoms with Crippen molar-refractivity contribution in [2.75, 3.05) is 0 Å². The summed E-state index contributed by atoms with van der Waals surface area (Å²) in [5.74, 6) is -0.900. The third-order valence-electron chi connectivity index (χ3n) is 1.46. The molecule has 66 valence electrons. The molecule has 0 saturated carbocycles. The van der Waals surface area contributed by atoms with Gasteiger partial charge in [-0.15, -0.1) is 0 Å². The summed E-state index contributed by atoms with van der Waals surface area (Å²) in [5, 5.41) is 0. The van der Waals surface area contributed by atoms with Crippen molar-refractivity contribution in [1.82, 2.24) is 4.98 Å². The molecule has 1 aromatic rings. The van der Waals surface area contributed by atoms with Gasteiger partial charge in [-0.25, -0.2) is 13.8 Å². The fraction of sp³-hybridized carbons (Fsp3) is 0.286. The minimum Gasteiger partial charge on any atom is -0.212 e. The molecule has 0 radical (unpaired) electrons. The van der Waals surface area contributed by atoms with Gasteiger partial charge in [0.25, 0.3) is 6.43 Å². The molecule has 0 N–H and O–H groups in total. The van der Waals surface area contributed by atoms with Crippen LogP contribution >= 0.6 is 15.9 Å². The average molecular weight is 240 g/mol. The summed E-state index contributed by atoms with van der Waals surface area (Å²) >= 11 is 2.88. The fourth-order valence-electron chi connectivity index (χ4n) is 0.792. The molecule has 0 atom stereocenters. The van der Waals surface area contributed by atoms with E-state index in [1.54, 1.807) is 0 Å². The molecule has 0 aromatic carbocycles. The van der Waals surface area contributed by atoms with Crippen LogP contribution in [0.5, 0.6) is 0 Å². The lowest BCUT2D eigenvalue weighted by atomic mass is 10.2. The number of halogens is 4. The van der Waals surface area contributed by atoms with Crippen LogP contribution in [0.2, 0.25) is 0 Å². The van der Waals surface area contributed by atoms with Crippen molar-refractivity contribution in [2.24, 2.45) is 0 Å². The molecule has 0 bridgehead atoms. The van der Waals surface area contributed by atoms with Gasteiger partial charge in [0.2, 0.25) is 5.95 Å². The van der Waals surface area contributed by atoms with E-state index < -0.39 is 12.4 Å². The SMILES string of the molecule is Cc1c(C(F)F)cc(F)nc1Br. The lowest BCUT2D eigenvalue weighted by Crippen LogP contribution is -1.96. The first-order valence-corrected chi connectivity index (χ1v) is 3.92. The lowest BCUT2D eigenvalue weighted by molar-refractivity contribution is 0.149. The molecular formula is C7H5BrF3N. The fourth-order valence-corrected chi connectivity index (χ4v) is 1.19. The van der Waals surface area contributed by atoms with E-state index in [4.69, 9.17) is 0 Å². The van der Waals surface area contributed by atoms with Crippen molar-refractivity contribution in [1.29, 1.82) is 0 Å². The van der Waals surface area contributed by atoms with Crippen LogP contribution in [0.25, 0.3) is 0 Å². The molecule has 5 heteroatoms. The van der Waals surface area contributed by atoms with E-state index in [-0.39, 0.29) is 15.7 Å². The zero-order valence-corrected chi connectivity index (χ0v) is 7.70. The van der Waals surface area contributed by atoms with E-state index in [0.717, 1.165) is 6.07 Å². The van der Waals surface area contributed by atoms with Gasteiger partial charge in [0.05, 0.1) is 0 Å². The molecule has 1 heterocycles. The Labute approximate surface area is 75.7 Å². The van der Waals surface area contributed by atoms with E-state index in [1.165, 1.54) is 6.92 Å². The Bertz CT molecular complexity index is 301. The summed E-state index contributed by atoms with van der Waals surface area (Å²) in [7, 11) is 0. The second-order valence-corrected chi connectivity index (χ2v) is 3.00. The highest BCUT2D eigenvalue weighted by molar-refractivity contribution is 9.10. The number of rotatable bonds is 1. The van der Waals surface area contributed by atoms with Gasteiger partial charge in [0.15, 0.2) is 0 Å². The topological polar surface area (TPSA) is 12.9 Å². The standard InChI is InChI=1S/C7H5BrF3N/c1-3-4(7(10)11)2-5(9)12-6(3)8/h2,7H,1H3. The summed E-state index contributed by atoms with van der Waals surface area (Å²) < 4.78 is 37.0. The Morgan fingerprint density at radius 3 is 2.58 bits per heavy atom. The van der Waals surface area contributed by atoms with E-state index in [9.17, 15) is 13.2 Å². The largest absolute Gasteiger partial charge is 0.264 e. The molecular weight excluding hydrogens is 235 g/mol. The first-order chi connectivity index (χ1) is 5.52. The molecule has 1 aromatic heterocycles. The van der Waals surface area contributed by atoms with Crippen LogP contribution in [-0.2, 0) is 0 Å². The Kier molecular flexibility index (Phi) is 2.72. The highest BCUT2D eigenvalue weighted by atomic mass is 79.9. The van der Waals surface area contributed by atoms with Gasteiger partial charge in [-0.1, -0.05) is 0 Å². The molecule has 0 unspecified atom stereocenters. The molecule has 0 aliphatic carbocycles. The molecule has 0 fully saturated rings. The van der Waals surface area contributed by atoms with Gasteiger partial charge < -0.3 is 0 Å². The number of aromatic nitrogens is 1. The smallest absolute Gasteiger partial charge is 0.212 e. The van der Waals surface area contributed by atoms with Crippen LogP contribution in [0, 0.1) is 12.9 Å². The van der Waals surface area contributed by atoms with Crippen molar-refractivity contribution < 1.29 is 13.2 Å². The number of nitrogens with zero attached hydrogens (tertiary/aromatic N) is 1. The molecule has 1 rings (SSSR count). The van der Waals surface area contributed by atoms with Crippen molar-refractivity contribution in [3.05, 3.63) is 27.7 Å². The minimum atomic E-state index is -2.67. The van der Waals surface area contributed by atoms with Crippen LogP contribution in [-0.4, -0.2) is 4.98 Å². The van der Waals surface area contributed by atoms with Crippen molar-refractivity contribution in [3.8, 4) is 0 Å². The highest BCUT2D eigenvalue weighted by Gasteiger charge is 2.14. The van der Waals surface area contributed by atoms with Gasteiger partial charge >= 0.3 is 0 Å². The number of alkyl halides is 2. The van der Waals surface area contributed by atoms with E-state index in [2.05, 4.69) is 20.9 Å². The van der Waals surface area contributed by atoms with Crippen molar-refractivity contribution >= 4 is 15.9 Å². The third-order valence-corrected chi connectivity index (χ3v) is 2.23. The molecule has 12 heavy (non-hydrogen) atoms. The van der Waals surface area contributed by atoms with Crippen molar-refractivity contribution in [2.45, 2.75) is 13.3 Å². The summed E-state index contributed by atoms with van der Waals surface area (Å²) in [6.07, 6.45) is -2.67. The van der Waals surface area contributed by atoms with E-state index >= 15 is 0 Å². The summed E-state index contributed by atoms with van der Waals surface area (Å²) in [4.78, 5) is 3.33. The Balaban J connectivity index is 3.28. The Morgan fingerprint density at radius 2 is 2.08 bits per heavy atom. The molecule has 0 aliphatic rings. The summed E-state index contributed by atoms with van der Waals surface area (Å²) in [5.41, 5.74) is -0.0548. The maximum atomic E-state index is 12.5. The van der Waals surface area contributed by atoms with Crippen molar-refractivity contribution in [3.63, 3.8) is 0 Å². The van der Waals surface area contributed by atoms with Crippen LogP contribution in [0.3, 0.4) is 0 Å². The Morgan fingerprint density at radius 1 is 1.50 bits per heavy atom. The second kappa shape index (κ2) is 3.43. The molecule has 1 nitrogen and oxygen atoms in total. The van der Waals surface area contributed by atoms with Gasteiger partial charge in [-0.2, -0.15) is 4.39 Å². The number of hydrogen-bond acceptors (Lipinski definition) is 1. The number of pyridine rings is 1. The van der Waals surface area contributed by atoms with Crippen LogP contribution in [0.15, 0.2) is 10.7 Å². The van der Waals surface area contributed by atoms with Crippen LogP contribution in [0.4, 0.5) is 13.2 Å². The third kappa shape index (κ3) is 1.77. The maximum Gasteiger partial charge on any atom is 0.264 e. The van der Waals surface area contributed by atoms with Gasteiger partial charge in [0.1, 0.15) is 4.60 Å². The van der Waals surface area contributed by atoms with E-state index in [1.807, 2.05) is 0 Å². The minimum absolute atomic E-state index is 0.123. The maximum absolute atomic E-state index is 12.5. The van der Waals surface area contributed by atoms with E-state index in [0.29, 0.717) is 0 Å². The molecule has 0 aliphatic heterocycles. The average Bonchev–Trinajstić information content (AvgIpc) is 1.96. The number of hydrogen-bond donors (Lipinski definition) is 0. The molecule has 0 amide bonds. The normalized spacial score (nSPS) is 10.8. The zero-order valence-electron chi connectivity index (χ0n) is 6.11. The predicted octanol–water partition coefficient (Wildman–Crippen LogP) is 3.23. The van der Waals surface area contributed by atoms with Gasteiger partial charge in [-0.05, 0) is 28.4 Å².